The average molecular weight is 528 g/mol. The quantitative estimate of drug-likeness (QED) is 0.362. The zero-order valence-electron chi connectivity index (χ0n) is 21.3. The van der Waals surface area contributed by atoms with Crippen LogP contribution in [0.3, 0.4) is 0 Å². The molecule has 202 valence electrons. The molecule has 2 heterocycles. The van der Waals surface area contributed by atoms with E-state index in [2.05, 4.69) is 0 Å². The SMILES string of the molecule is COB1OCc2cccc(CN(CCN(CC(=O)O)Cc3cccc4c3OB(OC)OC4)CC(=O)O)c2O1. The maximum atomic E-state index is 11.7. The van der Waals surface area contributed by atoms with Crippen molar-refractivity contribution in [2.24, 2.45) is 0 Å². The van der Waals surface area contributed by atoms with Crippen LogP contribution in [0.4, 0.5) is 0 Å². The molecule has 0 unspecified atom stereocenters. The Morgan fingerprint density at radius 3 is 1.58 bits per heavy atom. The molecule has 38 heavy (non-hydrogen) atoms. The third-order valence-electron chi connectivity index (χ3n) is 6.16. The summed E-state index contributed by atoms with van der Waals surface area (Å²) in [6.45, 7) is 1.32. The number of rotatable bonds is 13. The molecule has 2 N–H and O–H groups in total. The molecule has 2 aromatic rings. The summed E-state index contributed by atoms with van der Waals surface area (Å²) in [5, 5.41) is 19.1. The van der Waals surface area contributed by atoms with Gasteiger partial charge in [0.1, 0.15) is 11.5 Å². The molecule has 0 aromatic heterocycles. The molecule has 0 fully saturated rings. The number of carboxylic acids is 2. The average Bonchev–Trinajstić information content (AvgIpc) is 2.90. The normalized spacial score (nSPS) is 14.6. The minimum atomic E-state index is -0.991. The molecule has 2 aromatic carbocycles. The summed E-state index contributed by atoms with van der Waals surface area (Å²) < 4.78 is 32.9. The van der Waals surface area contributed by atoms with Crippen molar-refractivity contribution in [3.8, 4) is 11.5 Å². The second-order valence-corrected chi connectivity index (χ2v) is 8.93. The van der Waals surface area contributed by atoms with E-state index in [1.54, 1.807) is 9.80 Å². The van der Waals surface area contributed by atoms with Crippen LogP contribution >= 0.6 is 0 Å². The van der Waals surface area contributed by atoms with Crippen LogP contribution in [0.2, 0.25) is 0 Å². The van der Waals surface area contributed by atoms with Crippen LogP contribution in [-0.2, 0) is 54.5 Å². The molecule has 0 saturated carbocycles. The zero-order valence-corrected chi connectivity index (χ0v) is 21.3. The Bertz CT molecular complexity index is 1050. The molecule has 0 radical (unpaired) electrons. The van der Waals surface area contributed by atoms with Crippen LogP contribution in [0.1, 0.15) is 22.3 Å². The second kappa shape index (κ2) is 13.1. The molecule has 0 spiro atoms. The van der Waals surface area contributed by atoms with Crippen molar-refractivity contribution in [2.75, 3.05) is 40.4 Å². The van der Waals surface area contributed by atoms with Crippen molar-refractivity contribution >= 4 is 26.6 Å². The van der Waals surface area contributed by atoms with E-state index in [0.717, 1.165) is 22.3 Å². The number of hydrogen-bond donors (Lipinski definition) is 2. The van der Waals surface area contributed by atoms with Gasteiger partial charge in [0.15, 0.2) is 0 Å². The highest BCUT2D eigenvalue weighted by molar-refractivity contribution is 6.38. The highest BCUT2D eigenvalue weighted by Crippen LogP contribution is 2.31. The standard InChI is InChI=1S/C24H30B2N2O10/c1-33-25-35-15-19-7-3-5-17(23(19)37-25)11-27(13-21(29)30)9-10-28(14-22(31)32)12-18-6-4-8-20-16-36-26(34-2)38-24(18)20/h3-8H,9-16H2,1-2H3,(H,29,30)(H,31,32). The number of hydrogen-bond acceptors (Lipinski definition) is 10. The van der Waals surface area contributed by atoms with Crippen molar-refractivity contribution in [1.29, 1.82) is 0 Å². The first-order valence-electron chi connectivity index (χ1n) is 12.1. The maximum absolute atomic E-state index is 11.7. The number of benzene rings is 2. The lowest BCUT2D eigenvalue weighted by Gasteiger charge is -2.29. The van der Waals surface area contributed by atoms with Gasteiger partial charge in [0, 0.05) is 62.7 Å². The fraction of sp³-hybridized carbons (Fsp3) is 0.417. The Morgan fingerprint density at radius 1 is 0.789 bits per heavy atom. The van der Waals surface area contributed by atoms with Gasteiger partial charge >= 0.3 is 26.6 Å². The number of carboxylic acid groups (broad SMARTS) is 2. The number of fused-ring (bicyclic) bond motifs is 2. The first-order chi connectivity index (χ1) is 18.4. The lowest BCUT2D eigenvalue weighted by Crippen LogP contribution is -2.40. The van der Waals surface area contributed by atoms with Crippen LogP contribution in [0.5, 0.6) is 11.5 Å². The van der Waals surface area contributed by atoms with Crippen molar-refractivity contribution in [3.63, 3.8) is 0 Å². The first kappa shape index (κ1) is 27.9. The van der Waals surface area contributed by atoms with E-state index in [-0.39, 0.29) is 26.2 Å². The molecule has 0 bridgehead atoms. The molecule has 0 saturated heterocycles. The van der Waals surface area contributed by atoms with Gasteiger partial charge in [-0.25, -0.2) is 0 Å². The van der Waals surface area contributed by atoms with Crippen LogP contribution in [-0.4, -0.2) is 87.0 Å². The van der Waals surface area contributed by atoms with Gasteiger partial charge in [-0.2, -0.15) is 0 Å². The van der Waals surface area contributed by atoms with Gasteiger partial charge < -0.3 is 38.1 Å². The number of nitrogens with zero attached hydrogens (tertiary/aromatic N) is 2. The molecule has 0 aliphatic carbocycles. The van der Waals surface area contributed by atoms with E-state index >= 15 is 0 Å². The Labute approximate surface area is 221 Å². The van der Waals surface area contributed by atoms with E-state index in [9.17, 15) is 19.8 Å². The fourth-order valence-corrected chi connectivity index (χ4v) is 4.44. The molecule has 12 nitrogen and oxygen atoms in total. The molecule has 0 amide bonds. The molecule has 0 atom stereocenters. The van der Waals surface area contributed by atoms with Crippen LogP contribution in [0.15, 0.2) is 36.4 Å². The molecule has 2 aliphatic heterocycles. The predicted molar refractivity (Wildman–Crippen MR) is 135 cm³/mol. The summed E-state index contributed by atoms with van der Waals surface area (Å²) in [6, 6.07) is 11.2. The Hall–Kier alpha value is -3.13. The van der Waals surface area contributed by atoms with Crippen molar-refractivity contribution < 1.29 is 47.7 Å². The van der Waals surface area contributed by atoms with E-state index in [1.165, 1.54) is 14.2 Å². The molecule has 14 heteroatoms. The van der Waals surface area contributed by atoms with Crippen molar-refractivity contribution in [3.05, 3.63) is 58.7 Å². The molecular formula is C24H30B2N2O10. The topological polar surface area (TPSA) is 136 Å². The van der Waals surface area contributed by atoms with E-state index < -0.39 is 26.6 Å². The lowest BCUT2D eigenvalue weighted by atomic mass is 10.0. The summed E-state index contributed by atoms with van der Waals surface area (Å²) in [4.78, 5) is 26.8. The van der Waals surface area contributed by atoms with E-state index in [1.807, 2.05) is 36.4 Å². The van der Waals surface area contributed by atoms with Gasteiger partial charge in [-0.1, -0.05) is 36.4 Å². The highest BCUT2D eigenvalue weighted by Gasteiger charge is 2.32. The lowest BCUT2D eigenvalue weighted by molar-refractivity contribution is -0.140. The first-order valence-corrected chi connectivity index (χ1v) is 12.1. The Kier molecular flexibility index (Phi) is 9.61. The largest absolute Gasteiger partial charge is 0.713 e. The van der Waals surface area contributed by atoms with Crippen LogP contribution in [0.25, 0.3) is 0 Å². The van der Waals surface area contributed by atoms with Crippen molar-refractivity contribution in [2.45, 2.75) is 26.3 Å². The van der Waals surface area contributed by atoms with Crippen molar-refractivity contribution in [1.82, 2.24) is 9.80 Å². The maximum Gasteiger partial charge on any atom is 0.713 e. The molecule has 4 rings (SSSR count). The van der Waals surface area contributed by atoms with Gasteiger partial charge in [0.05, 0.1) is 26.3 Å². The van der Waals surface area contributed by atoms with Gasteiger partial charge in [0.25, 0.3) is 0 Å². The summed E-state index contributed by atoms with van der Waals surface area (Å²) in [5.41, 5.74) is 3.25. The third-order valence-corrected chi connectivity index (χ3v) is 6.16. The van der Waals surface area contributed by atoms with Crippen LogP contribution < -0.4 is 9.31 Å². The highest BCUT2D eigenvalue weighted by atomic mass is 16.7. The fourth-order valence-electron chi connectivity index (χ4n) is 4.44. The third kappa shape index (κ3) is 7.25. The smallest absolute Gasteiger partial charge is 0.511 e. The van der Waals surface area contributed by atoms with Gasteiger partial charge in [-0.3, -0.25) is 19.4 Å². The summed E-state index contributed by atoms with van der Waals surface area (Å²) >= 11 is 0. The Balaban J connectivity index is 1.49. The van der Waals surface area contributed by atoms with Gasteiger partial charge in [-0.05, 0) is 0 Å². The van der Waals surface area contributed by atoms with Gasteiger partial charge in [-0.15, -0.1) is 0 Å². The van der Waals surface area contributed by atoms with Crippen LogP contribution in [0, 0.1) is 0 Å². The number of para-hydroxylation sites is 2. The molecular weight excluding hydrogens is 498 g/mol. The van der Waals surface area contributed by atoms with E-state index in [0.29, 0.717) is 37.8 Å². The minimum Gasteiger partial charge on any atom is -0.511 e. The number of aliphatic carboxylic acids is 2. The number of carbonyl (C=O) groups is 2. The van der Waals surface area contributed by atoms with E-state index in [4.69, 9.17) is 27.9 Å². The monoisotopic (exact) mass is 528 g/mol. The summed E-state index contributed by atoms with van der Waals surface area (Å²) in [7, 11) is 1.27. The summed E-state index contributed by atoms with van der Waals surface area (Å²) in [5.74, 6) is -0.776. The predicted octanol–water partition coefficient (Wildman–Crippen LogP) is 1.24. The summed E-state index contributed by atoms with van der Waals surface area (Å²) in [6.07, 6.45) is 0. The Morgan fingerprint density at radius 2 is 1.21 bits per heavy atom. The molecule has 2 aliphatic rings. The van der Waals surface area contributed by atoms with Gasteiger partial charge in [0.2, 0.25) is 0 Å². The minimum absolute atomic E-state index is 0.231. The second-order valence-electron chi connectivity index (χ2n) is 8.93. The zero-order chi connectivity index (χ0) is 27.1.